The minimum absolute atomic E-state index is 0.149. The molecule has 3 aromatic carbocycles. The van der Waals surface area contributed by atoms with Crippen molar-refractivity contribution in [3.05, 3.63) is 109 Å². The summed E-state index contributed by atoms with van der Waals surface area (Å²) in [6.07, 6.45) is 7.05. The van der Waals surface area contributed by atoms with Crippen molar-refractivity contribution in [2.24, 2.45) is 4.99 Å². The predicted octanol–water partition coefficient (Wildman–Crippen LogP) is 5.96. The van der Waals surface area contributed by atoms with Crippen LogP contribution in [0.5, 0.6) is 0 Å². The smallest absolute Gasteiger partial charge is 0.405 e. The van der Waals surface area contributed by atoms with Gasteiger partial charge in [-0.1, -0.05) is 111 Å². The number of fused-ring (bicyclic) bond motifs is 2. The second kappa shape index (κ2) is 18.0. The lowest BCUT2D eigenvalue weighted by molar-refractivity contribution is -0.183. The normalized spacial score (nSPS) is 21.3. The SMILES string of the molecule is C1CCC2=NCCCN2CC1.CC(C)(C)[Si](OC[C@H]1O[C@@H](n2cnc3c(NC(=O)c4ccccc4)ncnc32)C[C@@]1(O)O[P+](=O)O)(c1ccccc1)c1ccccc1. The van der Waals surface area contributed by atoms with Gasteiger partial charge in [0.1, 0.15) is 18.7 Å². The Bertz CT molecular complexity index is 2170. The van der Waals surface area contributed by atoms with Gasteiger partial charge in [0, 0.05) is 36.2 Å². The van der Waals surface area contributed by atoms with Crippen LogP contribution in [0.2, 0.25) is 5.04 Å². The Morgan fingerprint density at radius 2 is 1.59 bits per heavy atom. The molecular formula is C42H51N7O7PSi+. The fourth-order valence-electron chi connectivity index (χ4n) is 8.12. The molecule has 2 saturated heterocycles. The van der Waals surface area contributed by atoms with Crippen molar-refractivity contribution in [1.29, 1.82) is 0 Å². The molecule has 0 bridgehead atoms. The van der Waals surface area contributed by atoms with Gasteiger partial charge in [0.25, 0.3) is 20.0 Å². The minimum atomic E-state index is -3.21. The third kappa shape index (κ3) is 8.96. The summed E-state index contributed by atoms with van der Waals surface area (Å²) in [6, 6.07) is 28.6. The summed E-state index contributed by atoms with van der Waals surface area (Å²) in [5.74, 6) is -0.968. The van der Waals surface area contributed by atoms with Gasteiger partial charge in [-0.05, 0) is 46.8 Å². The number of amidine groups is 1. The predicted molar refractivity (Wildman–Crippen MR) is 225 cm³/mol. The first kappa shape index (κ1) is 41.4. The average molecular weight is 825 g/mol. The number of amides is 1. The van der Waals surface area contributed by atoms with Crippen LogP contribution in [0, 0.1) is 0 Å². The van der Waals surface area contributed by atoms with Crippen LogP contribution in [0.25, 0.3) is 11.2 Å². The average Bonchev–Trinajstić information content (AvgIpc) is 3.70. The first-order chi connectivity index (χ1) is 28.0. The number of benzene rings is 3. The van der Waals surface area contributed by atoms with E-state index < -0.39 is 34.7 Å². The van der Waals surface area contributed by atoms with E-state index in [4.69, 9.17) is 13.7 Å². The number of aliphatic imine (C=N–C) groups is 1. The molecule has 5 aromatic rings. The molecule has 3 N–H and O–H groups in total. The van der Waals surface area contributed by atoms with Crippen LogP contribution in [0.4, 0.5) is 5.82 Å². The van der Waals surface area contributed by atoms with E-state index in [1.165, 1.54) is 63.7 Å². The fraction of sp³-hybridized carbons (Fsp3) is 0.405. The number of ether oxygens (including phenoxy) is 1. The molecule has 0 spiro atoms. The Morgan fingerprint density at radius 1 is 0.931 bits per heavy atom. The molecule has 14 nitrogen and oxygen atoms in total. The molecule has 1 unspecified atom stereocenters. The summed E-state index contributed by atoms with van der Waals surface area (Å²) < 4.78 is 32.1. The van der Waals surface area contributed by atoms with Crippen LogP contribution in [0.1, 0.15) is 75.9 Å². The van der Waals surface area contributed by atoms with Crippen molar-refractivity contribution < 1.29 is 33.0 Å². The second-order valence-corrected chi connectivity index (χ2v) is 20.7. The zero-order chi connectivity index (χ0) is 40.8. The molecule has 58 heavy (non-hydrogen) atoms. The minimum Gasteiger partial charge on any atom is -0.405 e. The highest BCUT2D eigenvalue weighted by molar-refractivity contribution is 7.32. The molecule has 304 valence electrons. The van der Waals surface area contributed by atoms with Gasteiger partial charge >= 0.3 is 8.25 Å². The molecule has 4 atom stereocenters. The van der Waals surface area contributed by atoms with E-state index in [1.54, 1.807) is 28.8 Å². The van der Waals surface area contributed by atoms with Crippen LogP contribution < -0.4 is 15.7 Å². The maximum absolute atomic E-state index is 12.8. The molecule has 0 aliphatic carbocycles. The lowest BCUT2D eigenvalue weighted by Crippen LogP contribution is -2.67. The zero-order valence-electron chi connectivity index (χ0n) is 33.1. The Morgan fingerprint density at radius 3 is 2.24 bits per heavy atom. The Balaban J connectivity index is 0.000000399. The summed E-state index contributed by atoms with van der Waals surface area (Å²) in [5.41, 5.74) is 1.06. The molecule has 1 amide bonds. The summed E-state index contributed by atoms with van der Waals surface area (Å²) in [4.78, 5) is 42.6. The number of nitrogens with zero attached hydrogens (tertiary/aromatic N) is 6. The number of aliphatic hydroxyl groups is 1. The van der Waals surface area contributed by atoms with Crippen molar-refractivity contribution in [2.75, 3.05) is 31.6 Å². The standard InChI is InChI=1S/C33H34N5O7PSi.C9H16N2/c1-32(2,3)47(24-15-9-5-10-16-24,25-17-11-6-12-18-25)43-20-26-33(40,45-46(41)42)19-27(44-26)38-22-36-28-29(34-21-35-30(28)38)37-31(39)23-13-7-4-8-14-23;1-2-5-9-10-6-4-8-11(9)7-3-1/h4-18,21-22,26-27,40H,19-20H2,1-3H3,(H-,34,35,37,39,41,42);1-8H2/p+1/t26-,27-,33-;/m1./s1. The Hall–Kier alpha value is -4.73. The largest absolute Gasteiger partial charge is 0.697 e. The highest BCUT2D eigenvalue weighted by atomic mass is 31.1. The first-order valence-electron chi connectivity index (χ1n) is 19.8. The number of nitrogens with one attached hydrogen (secondary N) is 1. The van der Waals surface area contributed by atoms with E-state index in [-0.39, 0.29) is 29.8 Å². The van der Waals surface area contributed by atoms with Crippen molar-refractivity contribution in [3.8, 4) is 0 Å². The van der Waals surface area contributed by atoms with Gasteiger partial charge in [-0.2, -0.15) is 0 Å². The van der Waals surface area contributed by atoms with Crippen LogP contribution >= 0.6 is 8.25 Å². The van der Waals surface area contributed by atoms with E-state index in [0.29, 0.717) is 16.7 Å². The van der Waals surface area contributed by atoms with Gasteiger partial charge in [-0.15, -0.1) is 4.89 Å². The third-order valence-corrected chi connectivity index (χ3v) is 16.4. The van der Waals surface area contributed by atoms with Gasteiger partial charge in [0.15, 0.2) is 17.0 Å². The summed E-state index contributed by atoms with van der Waals surface area (Å²) >= 11 is 0. The summed E-state index contributed by atoms with van der Waals surface area (Å²) in [6.45, 7) is 9.82. The van der Waals surface area contributed by atoms with Gasteiger partial charge in [0.05, 0.1) is 25.2 Å². The van der Waals surface area contributed by atoms with Gasteiger partial charge in [-0.3, -0.25) is 14.4 Å². The molecule has 2 fully saturated rings. The number of anilines is 1. The van der Waals surface area contributed by atoms with Crippen LogP contribution in [-0.4, -0.2) is 92.6 Å². The van der Waals surface area contributed by atoms with Crippen molar-refractivity contribution in [2.45, 2.75) is 82.5 Å². The van der Waals surface area contributed by atoms with Crippen molar-refractivity contribution >= 4 is 55.7 Å². The quantitative estimate of drug-likeness (QED) is 0.0862. The van der Waals surface area contributed by atoms with E-state index in [9.17, 15) is 19.4 Å². The highest BCUT2D eigenvalue weighted by Gasteiger charge is 2.58. The van der Waals surface area contributed by atoms with Crippen molar-refractivity contribution in [1.82, 2.24) is 24.4 Å². The second-order valence-electron chi connectivity index (χ2n) is 15.7. The maximum atomic E-state index is 12.8. The molecule has 8 rings (SSSR count). The van der Waals surface area contributed by atoms with Crippen LogP contribution in [0.3, 0.4) is 0 Å². The molecule has 0 saturated carbocycles. The Kier molecular flexibility index (Phi) is 12.9. The summed E-state index contributed by atoms with van der Waals surface area (Å²) in [7, 11) is -6.27. The highest BCUT2D eigenvalue weighted by Crippen LogP contribution is 2.45. The van der Waals surface area contributed by atoms with E-state index in [1.807, 2.05) is 66.7 Å². The number of hydrogen-bond donors (Lipinski definition) is 3. The van der Waals surface area contributed by atoms with E-state index in [2.05, 4.69) is 50.9 Å². The number of carbonyl (C=O) groups is 1. The lowest BCUT2D eigenvalue weighted by atomic mass is 10.1. The molecule has 3 aliphatic heterocycles. The third-order valence-electron chi connectivity index (χ3n) is 10.9. The maximum Gasteiger partial charge on any atom is 0.697 e. The van der Waals surface area contributed by atoms with Crippen LogP contribution in [-0.2, 0) is 18.3 Å². The topological polar surface area (TPSA) is 174 Å². The Labute approximate surface area is 340 Å². The van der Waals surface area contributed by atoms with Gasteiger partial charge < -0.3 is 24.5 Å². The summed E-state index contributed by atoms with van der Waals surface area (Å²) in [5, 5.41) is 16.2. The number of hydrogen-bond acceptors (Lipinski definition) is 11. The fourth-order valence-corrected chi connectivity index (χ4v) is 13.1. The van der Waals surface area contributed by atoms with Crippen molar-refractivity contribution in [3.63, 3.8) is 0 Å². The monoisotopic (exact) mass is 824 g/mol. The zero-order valence-corrected chi connectivity index (χ0v) is 35.0. The van der Waals surface area contributed by atoms with E-state index >= 15 is 0 Å². The number of imidazole rings is 1. The first-order valence-corrected chi connectivity index (χ1v) is 22.8. The lowest BCUT2D eigenvalue weighted by Gasteiger charge is -2.43. The van der Waals surface area contributed by atoms with Gasteiger partial charge in [-0.25, -0.2) is 15.0 Å². The van der Waals surface area contributed by atoms with E-state index in [0.717, 1.165) is 16.9 Å². The molecule has 0 radical (unpaired) electrons. The van der Waals surface area contributed by atoms with Crippen LogP contribution in [0.15, 0.2) is 109 Å². The van der Waals surface area contributed by atoms with Gasteiger partial charge in [0.2, 0.25) is 0 Å². The molecule has 2 aromatic heterocycles. The molecular weight excluding hydrogens is 774 g/mol. The number of carbonyl (C=O) groups excluding carboxylic acids is 1. The number of aromatic nitrogens is 4. The molecule has 3 aliphatic rings. The molecule has 5 heterocycles. The number of rotatable bonds is 10. The molecule has 16 heteroatoms.